The Morgan fingerprint density at radius 2 is 1.36 bits per heavy atom. The average molecular weight is 391 g/mol. The first-order valence-corrected chi connectivity index (χ1v) is 9.92. The first kappa shape index (κ1) is 22.4. The van der Waals surface area contributed by atoms with Gasteiger partial charge >= 0.3 is 0 Å². The fourth-order valence-corrected chi connectivity index (χ4v) is 2.85. The van der Waals surface area contributed by atoms with Crippen molar-refractivity contribution >= 4 is 0 Å². The Morgan fingerprint density at radius 1 is 0.786 bits per heavy atom. The molecule has 2 heterocycles. The van der Waals surface area contributed by atoms with Gasteiger partial charge in [-0.25, -0.2) is 9.97 Å². The van der Waals surface area contributed by atoms with Crippen molar-refractivity contribution in [2.75, 3.05) is 0 Å². The van der Waals surface area contributed by atoms with Crippen LogP contribution in [0, 0.1) is 5.95 Å². The van der Waals surface area contributed by atoms with Crippen molar-refractivity contribution in [1.82, 2.24) is 20.1 Å². The minimum atomic E-state index is -0.433. The molecular weight excluding hydrogens is 355 g/mol. The SMILES string of the molecule is CC(C)(C)c1ncc(C(C)(C)CCC(C)(C)c2noc(C(C)(C)C)n2)c(F)n1. The van der Waals surface area contributed by atoms with Crippen LogP contribution in [0.4, 0.5) is 4.39 Å². The van der Waals surface area contributed by atoms with E-state index in [0.29, 0.717) is 23.1 Å². The third-order valence-corrected chi connectivity index (χ3v) is 5.19. The molecule has 0 aliphatic carbocycles. The number of rotatable bonds is 5. The monoisotopic (exact) mass is 390 g/mol. The molecule has 0 N–H and O–H groups in total. The summed E-state index contributed by atoms with van der Waals surface area (Å²) < 4.78 is 20.2. The maximum Gasteiger partial charge on any atom is 0.232 e. The fourth-order valence-electron chi connectivity index (χ4n) is 2.85. The van der Waals surface area contributed by atoms with Crippen molar-refractivity contribution in [3.05, 3.63) is 35.2 Å². The molecule has 156 valence electrons. The molecular formula is C22H35FN4O. The van der Waals surface area contributed by atoms with E-state index in [0.717, 1.165) is 12.8 Å². The Balaban J connectivity index is 2.19. The van der Waals surface area contributed by atoms with Crippen LogP contribution in [0.5, 0.6) is 0 Å². The molecule has 0 bridgehead atoms. The van der Waals surface area contributed by atoms with Gasteiger partial charge in [-0.15, -0.1) is 0 Å². The van der Waals surface area contributed by atoms with E-state index in [9.17, 15) is 4.39 Å². The summed E-state index contributed by atoms with van der Waals surface area (Å²) in [4.78, 5) is 13.2. The molecule has 0 radical (unpaired) electrons. The first-order valence-electron chi connectivity index (χ1n) is 9.92. The van der Waals surface area contributed by atoms with Crippen LogP contribution < -0.4 is 0 Å². The predicted molar refractivity (Wildman–Crippen MR) is 109 cm³/mol. The van der Waals surface area contributed by atoms with Crippen LogP contribution in [0.1, 0.15) is 105 Å². The average Bonchev–Trinajstić information content (AvgIpc) is 3.03. The molecule has 2 rings (SSSR count). The molecule has 6 heteroatoms. The second kappa shape index (κ2) is 7.20. The zero-order chi connectivity index (χ0) is 21.5. The number of hydrogen-bond acceptors (Lipinski definition) is 5. The molecule has 0 saturated heterocycles. The van der Waals surface area contributed by atoms with Crippen molar-refractivity contribution in [3.63, 3.8) is 0 Å². The van der Waals surface area contributed by atoms with Crippen molar-refractivity contribution < 1.29 is 8.91 Å². The van der Waals surface area contributed by atoms with Crippen LogP contribution in [0.25, 0.3) is 0 Å². The summed E-state index contributed by atoms with van der Waals surface area (Å²) >= 11 is 0. The lowest BCUT2D eigenvalue weighted by Gasteiger charge is -2.30. The van der Waals surface area contributed by atoms with Gasteiger partial charge in [0.05, 0.1) is 0 Å². The fraction of sp³-hybridized carbons (Fsp3) is 0.727. The van der Waals surface area contributed by atoms with E-state index in [4.69, 9.17) is 4.52 Å². The van der Waals surface area contributed by atoms with Gasteiger partial charge in [-0.05, 0) is 18.3 Å². The number of hydrogen-bond donors (Lipinski definition) is 0. The van der Waals surface area contributed by atoms with Gasteiger partial charge < -0.3 is 4.52 Å². The van der Waals surface area contributed by atoms with Gasteiger partial charge in [0.15, 0.2) is 5.82 Å². The summed E-state index contributed by atoms with van der Waals surface area (Å²) in [5.41, 5.74) is -0.619. The second-order valence-electron chi connectivity index (χ2n) is 11.1. The zero-order valence-electron chi connectivity index (χ0n) is 19.1. The lowest BCUT2D eigenvalue weighted by Crippen LogP contribution is -2.27. The third kappa shape index (κ3) is 4.95. The summed E-state index contributed by atoms with van der Waals surface area (Å²) in [6, 6.07) is 0. The van der Waals surface area contributed by atoms with E-state index in [1.165, 1.54) is 0 Å². The molecule has 0 aliphatic rings. The van der Waals surface area contributed by atoms with E-state index >= 15 is 0 Å². The molecule has 0 aliphatic heterocycles. The molecule has 28 heavy (non-hydrogen) atoms. The molecule has 0 fully saturated rings. The van der Waals surface area contributed by atoms with Crippen molar-refractivity contribution in [2.45, 2.75) is 104 Å². The first-order chi connectivity index (χ1) is 12.5. The highest BCUT2D eigenvalue weighted by atomic mass is 19.1. The smallest absolute Gasteiger partial charge is 0.232 e. The van der Waals surface area contributed by atoms with Gasteiger partial charge in [0.2, 0.25) is 11.8 Å². The summed E-state index contributed by atoms with van der Waals surface area (Å²) in [6.45, 7) is 20.3. The number of nitrogens with zero attached hydrogens (tertiary/aromatic N) is 4. The molecule has 2 aromatic rings. The molecule has 5 nitrogen and oxygen atoms in total. The highest BCUT2D eigenvalue weighted by Crippen LogP contribution is 2.36. The van der Waals surface area contributed by atoms with Crippen LogP contribution in [0.2, 0.25) is 0 Å². The topological polar surface area (TPSA) is 64.7 Å². The number of aromatic nitrogens is 4. The summed E-state index contributed by atoms with van der Waals surface area (Å²) in [5, 5.41) is 4.20. The van der Waals surface area contributed by atoms with Gasteiger partial charge in [0.1, 0.15) is 5.82 Å². The molecule has 0 aromatic carbocycles. The van der Waals surface area contributed by atoms with Crippen LogP contribution in [0.15, 0.2) is 10.7 Å². The van der Waals surface area contributed by atoms with Gasteiger partial charge in [0, 0.05) is 28.0 Å². The van der Waals surface area contributed by atoms with Gasteiger partial charge in [0.25, 0.3) is 0 Å². The highest BCUT2D eigenvalue weighted by Gasteiger charge is 2.34. The second-order valence-corrected chi connectivity index (χ2v) is 11.1. The van der Waals surface area contributed by atoms with E-state index in [1.807, 2.05) is 55.4 Å². The van der Waals surface area contributed by atoms with Crippen LogP contribution >= 0.6 is 0 Å². The van der Waals surface area contributed by atoms with Crippen LogP contribution in [-0.2, 0) is 21.7 Å². The van der Waals surface area contributed by atoms with Crippen molar-refractivity contribution in [2.24, 2.45) is 0 Å². The Morgan fingerprint density at radius 3 is 1.82 bits per heavy atom. The number of halogens is 1. The molecule has 0 amide bonds. The molecule has 0 atom stereocenters. The van der Waals surface area contributed by atoms with Crippen molar-refractivity contribution in [3.8, 4) is 0 Å². The third-order valence-electron chi connectivity index (χ3n) is 5.19. The largest absolute Gasteiger partial charge is 0.339 e. The van der Waals surface area contributed by atoms with Gasteiger partial charge in [-0.1, -0.05) is 74.4 Å². The predicted octanol–water partition coefficient (Wildman–Crippen LogP) is 5.63. The standard InChI is InChI=1S/C22H35FN4O/c1-19(2,3)16-24-13-14(15(23)25-16)21(7,8)11-12-22(9,10)17-26-18(28-27-17)20(4,5)6/h13H,11-12H2,1-10H3. The summed E-state index contributed by atoms with van der Waals surface area (Å²) in [6.07, 6.45) is 3.17. The zero-order valence-corrected chi connectivity index (χ0v) is 19.1. The van der Waals surface area contributed by atoms with Crippen LogP contribution in [-0.4, -0.2) is 20.1 Å². The van der Waals surface area contributed by atoms with E-state index in [1.54, 1.807) is 6.20 Å². The van der Waals surface area contributed by atoms with E-state index in [2.05, 4.69) is 34.0 Å². The maximum absolute atomic E-state index is 14.8. The molecule has 0 spiro atoms. The summed E-state index contributed by atoms with van der Waals surface area (Å²) in [7, 11) is 0. The van der Waals surface area contributed by atoms with Crippen LogP contribution in [0.3, 0.4) is 0 Å². The Hall–Kier alpha value is -1.85. The Bertz CT molecular complexity index is 826. The van der Waals surface area contributed by atoms with Crippen molar-refractivity contribution in [1.29, 1.82) is 0 Å². The maximum atomic E-state index is 14.8. The Kier molecular flexibility index (Phi) is 5.77. The quantitative estimate of drug-likeness (QED) is 0.619. The van der Waals surface area contributed by atoms with Gasteiger partial charge in [-0.3, -0.25) is 0 Å². The van der Waals surface area contributed by atoms with E-state index < -0.39 is 11.4 Å². The minimum Gasteiger partial charge on any atom is -0.339 e. The molecule has 0 saturated carbocycles. The highest BCUT2D eigenvalue weighted by molar-refractivity contribution is 5.21. The van der Waals surface area contributed by atoms with E-state index in [-0.39, 0.29) is 16.2 Å². The lowest BCUT2D eigenvalue weighted by molar-refractivity contribution is 0.305. The molecule has 2 aromatic heterocycles. The Labute approximate surface area is 168 Å². The minimum absolute atomic E-state index is 0.185. The normalized spacial score (nSPS) is 13.8. The lowest BCUT2D eigenvalue weighted by atomic mass is 9.75. The van der Waals surface area contributed by atoms with Gasteiger partial charge in [-0.2, -0.15) is 9.37 Å². The summed E-state index contributed by atoms with van der Waals surface area (Å²) in [5.74, 6) is 1.41. The molecule has 0 unspecified atom stereocenters.